The summed E-state index contributed by atoms with van der Waals surface area (Å²) in [5.41, 5.74) is 15.7. The van der Waals surface area contributed by atoms with E-state index in [4.69, 9.17) is 0 Å². The van der Waals surface area contributed by atoms with Crippen LogP contribution in [0.4, 0.5) is 0 Å². The molecule has 0 saturated carbocycles. The highest BCUT2D eigenvalue weighted by molar-refractivity contribution is 5.83. The van der Waals surface area contributed by atoms with Crippen LogP contribution in [0, 0.1) is 0 Å². The number of fused-ring (bicyclic) bond motifs is 6. The maximum Gasteiger partial charge on any atom is 0.0588 e. The van der Waals surface area contributed by atoms with Crippen molar-refractivity contribution in [2.75, 3.05) is 13.1 Å². The van der Waals surface area contributed by atoms with Gasteiger partial charge in [0.05, 0.1) is 12.1 Å². The van der Waals surface area contributed by atoms with Crippen LogP contribution in [-0.2, 0) is 0 Å². The number of rotatable bonds is 8. The first kappa shape index (κ1) is 26.4. The van der Waals surface area contributed by atoms with Gasteiger partial charge in [-0.2, -0.15) is 0 Å². The first-order valence-corrected chi connectivity index (χ1v) is 15.1. The van der Waals surface area contributed by atoms with Crippen LogP contribution in [0.25, 0.3) is 46.6 Å². The van der Waals surface area contributed by atoms with Crippen LogP contribution in [0.15, 0.2) is 109 Å². The summed E-state index contributed by atoms with van der Waals surface area (Å²) in [6, 6.07) is 40.6. The van der Waals surface area contributed by atoms with Gasteiger partial charge in [-0.15, -0.1) is 0 Å². The zero-order valence-corrected chi connectivity index (χ0v) is 24.3. The van der Waals surface area contributed by atoms with Crippen LogP contribution >= 0.6 is 0 Å². The minimum Gasteiger partial charge on any atom is -0.306 e. The van der Waals surface area contributed by atoms with Crippen molar-refractivity contribution in [2.24, 2.45) is 0 Å². The zero-order valence-electron chi connectivity index (χ0n) is 24.3. The van der Waals surface area contributed by atoms with Gasteiger partial charge in [-0.25, -0.2) is 0 Å². The third-order valence-electron chi connectivity index (χ3n) is 8.59. The predicted molar refractivity (Wildman–Crippen MR) is 179 cm³/mol. The molecule has 0 aliphatic heterocycles. The lowest BCUT2D eigenvalue weighted by molar-refractivity contribution is 0.642. The molecule has 0 spiro atoms. The Morgan fingerprint density at radius 1 is 0.429 bits per heavy atom. The number of hydrogen-bond acceptors (Lipinski definition) is 2. The fraction of sp³-hybridized carbons (Fsp3) is 0.150. The van der Waals surface area contributed by atoms with Crippen molar-refractivity contribution >= 4 is 24.3 Å². The van der Waals surface area contributed by atoms with Gasteiger partial charge in [0.25, 0.3) is 0 Å². The van der Waals surface area contributed by atoms with E-state index in [0.29, 0.717) is 0 Å². The SMILES string of the molecule is CCNC1c2ccccc2-c2cc(C=Cc3ccc(C=Cc4ccc5c(c4)-c4ccccc4C5NCC)cc3)ccc21. The molecule has 2 unspecified atom stereocenters. The Kier molecular flexibility index (Phi) is 7.17. The summed E-state index contributed by atoms with van der Waals surface area (Å²) in [4.78, 5) is 0. The van der Waals surface area contributed by atoms with Crippen LogP contribution in [0.2, 0.25) is 0 Å². The van der Waals surface area contributed by atoms with E-state index in [2.05, 4.69) is 158 Å². The second kappa shape index (κ2) is 11.4. The lowest BCUT2D eigenvalue weighted by Gasteiger charge is -2.14. The Labute approximate surface area is 249 Å². The molecule has 2 nitrogen and oxygen atoms in total. The monoisotopic (exact) mass is 544 g/mol. The number of benzene rings is 5. The molecule has 2 heteroatoms. The van der Waals surface area contributed by atoms with E-state index < -0.39 is 0 Å². The van der Waals surface area contributed by atoms with Gasteiger partial charge in [0.15, 0.2) is 0 Å². The van der Waals surface area contributed by atoms with Crippen LogP contribution in [0.1, 0.15) is 70.4 Å². The molecule has 5 aromatic rings. The Bertz CT molecular complexity index is 1670. The highest BCUT2D eigenvalue weighted by atomic mass is 14.9. The summed E-state index contributed by atoms with van der Waals surface area (Å²) in [7, 11) is 0. The molecule has 2 aliphatic rings. The van der Waals surface area contributed by atoms with Gasteiger partial charge in [-0.05, 0) is 92.0 Å². The fourth-order valence-electron chi connectivity index (χ4n) is 6.60. The minimum absolute atomic E-state index is 0.280. The molecule has 7 rings (SSSR count). The van der Waals surface area contributed by atoms with Gasteiger partial charge in [-0.1, -0.05) is 135 Å². The molecule has 42 heavy (non-hydrogen) atoms. The first-order chi connectivity index (χ1) is 20.7. The van der Waals surface area contributed by atoms with Gasteiger partial charge < -0.3 is 10.6 Å². The summed E-state index contributed by atoms with van der Waals surface area (Å²) in [6.45, 7) is 6.24. The highest BCUT2D eigenvalue weighted by Gasteiger charge is 2.28. The standard InChI is InChI=1S/C40H36N2/c1-3-41-39-33-11-7-5-9-31(33)37-25-29(21-23-35(37)39)19-17-27-13-15-28(16-14-27)18-20-30-22-24-36-38(26-30)32-10-6-8-12-34(32)40(36)42-4-2/h5-26,39-42H,3-4H2,1-2H3. The zero-order chi connectivity index (χ0) is 28.5. The van der Waals surface area contributed by atoms with E-state index in [1.807, 2.05) is 0 Å². The number of hydrogen-bond donors (Lipinski definition) is 2. The van der Waals surface area contributed by atoms with Gasteiger partial charge in [-0.3, -0.25) is 0 Å². The summed E-state index contributed by atoms with van der Waals surface area (Å²) in [6.07, 6.45) is 8.85. The topological polar surface area (TPSA) is 24.1 Å². The predicted octanol–water partition coefficient (Wildman–Crippen LogP) is 9.39. The van der Waals surface area contributed by atoms with E-state index >= 15 is 0 Å². The van der Waals surface area contributed by atoms with Gasteiger partial charge in [0, 0.05) is 0 Å². The Balaban J connectivity index is 1.07. The van der Waals surface area contributed by atoms with E-state index in [1.54, 1.807) is 0 Å². The van der Waals surface area contributed by atoms with E-state index in [-0.39, 0.29) is 12.1 Å². The van der Waals surface area contributed by atoms with Crippen molar-refractivity contribution in [3.05, 3.63) is 154 Å². The molecular formula is C40H36N2. The van der Waals surface area contributed by atoms with Crippen molar-refractivity contribution in [1.82, 2.24) is 10.6 Å². The first-order valence-electron chi connectivity index (χ1n) is 15.1. The lowest BCUT2D eigenvalue weighted by Crippen LogP contribution is -2.19. The molecule has 2 atom stereocenters. The van der Waals surface area contributed by atoms with Crippen LogP contribution < -0.4 is 10.6 Å². The lowest BCUT2D eigenvalue weighted by atomic mass is 10.0. The van der Waals surface area contributed by atoms with Gasteiger partial charge in [0.1, 0.15) is 0 Å². The van der Waals surface area contributed by atoms with Crippen molar-refractivity contribution < 1.29 is 0 Å². The van der Waals surface area contributed by atoms with Crippen molar-refractivity contribution in [3.8, 4) is 22.3 Å². The average Bonchev–Trinajstić information content (AvgIpc) is 3.52. The van der Waals surface area contributed by atoms with Gasteiger partial charge >= 0.3 is 0 Å². The molecule has 0 aromatic heterocycles. The molecule has 0 radical (unpaired) electrons. The van der Waals surface area contributed by atoms with E-state index in [9.17, 15) is 0 Å². The van der Waals surface area contributed by atoms with Crippen LogP contribution in [0.5, 0.6) is 0 Å². The molecule has 0 amide bonds. The summed E-state index contributed by atoms with van der Waals surface area (Å²) >= 11 is 0. The smallest absolute Gasteiger partial charge is 0.0588 e. The normalized spacial score (nSPS) is 16.5. The Hall–Kier alpha value is -4.50. The molecule has 0 fully saturated rings. The molecule has 0 saturated heterocycles. The minimum atomic E-state index is 0.280. The van der Waals surface area contributed by atoms with Crippen molar-refractivity contribution in [2.45, 2.75) is 25.9 Å². The summed E-state index contributed by atoms with van der Waals surface area (Å²) in [5, 5.41) is 7.31. The largest absolute Gasteiger partial charge is 0.306 e. The number of nitrogens with one attached hydrogen (secondary N) is 2. The Morgan fingerprint density at radius 2 is 0.786 bits per heavy atom. The molecule has 2 aliphatic carbocycles. The summed E-state index contributed by atoms with van der Waals surface area (Å²) < 4.78 is 0. The van der Waals surface area contributed by atoms with Crippen LogP contribution in [0.3, 0.4) is 0 Å². The van der Waals surface area contributed by atoms with Crippen LogP contribution in [-0.4, -0.2) is 13.1 Å². The molecular weight excluding hydrogens is 508 g/mol. The van der Waals surface area contributed by atoms with Crippen molar-refractivity contribution in [3.63, 3.8) is 0 Å². The molecule has 0 bridgehead atoms. The summed E-state index contributed by atoms with van der Waals surface area (Å²) in [5.74, 6) is 0. The fourth-order valence-corrected chi connectivity index (χ4v) is 6.60. The maximum absolute atomic E-state index is 3.66. The quantitative estimate of drug-likeness (QED) is 0.190. The molecule has 5 aromatic carbocycles. The molecule has 0 heterocycles. The second-order valence-corrected chi connectivity index (χ2v) is 11.2. The van der Waals surface area contributed by atoms with Gasteiger partial charge in [0.2, 0.25) is 0 Å². The van der Waals surface area contributed by atoms with E-state index in [0.717, 1.165) is 13.1 Å². The Morgan fingerprint density at radius 3 is 1.21 bits per heavy atom. The third-order valence-corrected chi connectivity index (χ3v) is 8.59. The molecule has 2 N–H and O–H groups in total. The molecule has 206 valence electrons. The van der Waals surface area contributed by atoms with Crippen molar-refractivity contribution in [1.29, 1.82) is 0 Å². The highest BCUT2D eigenvalue weighted by Crippen LogP contribution is 2.45. The average molecular weight is 545 g/mol. The second-order valence-electron chi connectivity index (χ2n) is 11.2. The van der Waals surface area contributed by atoms with E-state index in [1.165, 1.54) is 66.8 Å². The third kappa shape index (κ3) is 4.83. The maximum atomic E-state index is 3.66.